The molecule has 0 amide bonds. The molecule has 0 aromatic carbocycles. The largest absolute Gasteiger partial charge is 0.478 e. The fourth-order valence-electron chi connectivity index (χ4n) is 1.27. The summed E-state index contributed by atoms with van der Waals surface area (Å²) in [5, 5.41) is 8.21. The van der Waals surface area contributed by atoms with E-state index in [1.54, 1.807) is 0 Å². The molecule has 0 spiro atoms. The first kappa shape index (κ1) is 22.3. The van der Waals surface area contributed by atoms with Crippen molar-refractivity contribution in [2.24, 2.45) is 0 Å². The maximum atomic E-state index is 10.7. The normalized spacial score (nSPS) is 10.9. The highest BCUT2D eigenvalue weighted by atomic mass is 32.3. The molecular formula is C13H27NO6S. The van der Waals surface area contributed by atoms with E-state index in [0.29, 0.717) is 18.5 Å². The lowest BCUT2D eigenvalue weighted by atomic mass is 10.2. The molecule has 0 atom stereocenters. The highest BCUT2D eigenvalue weighted by Crippen LogP contribution is 1.99. The minimum atomic E-state index is -3.76. The fraction of sp³-hybridized carbons (Fsp3) is 0.769. The maximum Gasteiger partial charge on any atom is 0.399 e. The molecule has 126 valence electrons. The van der Waals surface area contributed by atoms with Crippen LogP contribution < -0.4 is 0 Å². The van der Waals surface area contributed by atoms with E-state index in [-0.39, 0.29) is 6.61 Å². The van der Waals surface area contributed by atoms with Crippen LogP contribution in [0.5, 0.6) is 0 Å². The third kappa shape index (κ3) is 13.8. The van der Waals surface area contributed by atoms with Gasteiger partial charge in [0.1, 0.15) is 0 Å². The third-order valence-corrected chi connectivity index (χ3v) is 3.45. The summed E-state index contributed by atoms with van der Waals surface area (Å²) in [5.41, 5.74) is 0.299. The Kier molecular flexibility index (Phi) is 13.6. The monoisotopic (exact) mass is 325 g/mol. The van der Waals surface area contributed by atoms with Crippen LogP contribution in [0, 0.1) is 0 Å². The van der Waals surface area contributed by atoms with Crippen LogP contribution in [0.4, 0.5) is 0 Å². The predicted molar refractivity (Wildman–Crippen MR) is 81.4 cm³/mol. The predicted octanol–water partition coefficient (Wildman–Crippen LogP) is 1.66. The molecule has 1 N–H and O–H groups in total. The van der Waals surface area contributed by atoms with Crippen LogP contribution in [0.1, 0.15) is 33.6 Å². The zero-order valence-corrected chi connectivity index (χ0v) is 14.1. The van der Waals surface area contributed by atoms with Crippen molar-refractivity contribution in [1.82, 2.24) is 4.90 Å². The van der Waals surface area contributed by atoms with Gasteiger partial charge in [0, 0.05) is 12.1 Å². The quantitative estimate of drug-likeness (QED) is 0.611. The van der Waals surface area contributed by atoms with Crippen molar-refractivity contribution in [3.63, 3.8) is 0 Å². The molecule has 0 aromatic heterocycles. The molecule has 7 nitrogen and oxygen atoms in total. The van der Waals surface area contributed by atoms with Gasteiger partial charge in [0.05, 0.1) is 13.7 Å². The van der Waals surface area contributed by atoms with Gasteiger partial charge in [-0.05, 0) is 19.5 Å². The third-order valence-electron chi connectivity index (χ3n) is 2.59. The first-order valence-electron chi connectivity index (χ1n) is 6.82. The van der Waals surface area contributed by atoms with E-state index in [1.165, 1.54) is 0 Å². The van der Waals surface area contributed by atoms with Crippen molar-refractivity contribution in [2.75, 3.05) is 33.4 Å². The zero-order chi connectivity index (χ0) is 16.9. The SMILES string of the molecule is C=C(CCC)C(=O)O.CCN(CC)CCOS(=O)(=O)OC. The van der Waals surface area contributed by atoms with Gasteiger partial charge in [0.15, 0.2) is 0 Å². The van der Waals surface area contributed by atoms with Crippen molar-refractivity contribution in [2.45, 2.75) is 33.6 Å². The highest BCUT2D eigenvalue weighted by Gasteiger charge is 2.09. The van der Waals surface area contributed by atoms with Crippen LogP contribution >= 0.6 is 0 Å². The van der Waals surface area contributed by atoms with Crippen LogP contribution in [0.25, 0.3) is 0 Å². The first-order valence-corrected chi connectivity index (χ1v) is 8.15. The van der Waals surface area contributed by atoms with Crippen LogP contribution in [-0.4, -0.2) is 57.7 Å². The standard InChI is InChI=1S/C7H17NO4S.C6H10O2/c1-4-8(5-2)6-7-12-13(9,10)11-3;1-3-4-5(2)6(7)8/h4-7H2,1-3H3;2-4H2,1H3,(H,7,8). The lowest BCUT2D eigenvalue weighted by Crippen LogP contribution is -2.28. The van der Waals surface area contributed by atoms with Crippen molar-refractivity contribution >= 4 is 16.4 Å². The number of likely N-dealkylation sites (N-methyl/N-ethyl adjacent to an activating group) is 1. The molecule has 0 saturated heterocycles. The number of nitrogens with zero attached hydrogens (tertiary/aromatic N) is 1. The molecule has 0 bridgehead atoms. The fourth-order valence-corrected chi connectivity index (χ4v) is 1.64. The molecule has 0 aliphatic carbocycles. The van der Waals surface area contributed by atoms with Gasteiger partial charge in [-0.3, -0.25) is 4.18 Å². The molecule has 0 saturated carbocycles. The average Bonchev–Trinajstić information content (AvgIpc) is 2.44. The van der Waals surface area contributed by atoms with E-state index in [9.17, 15) is 13.2 Å². The van der Waals surface area contributed by atoms with Gasteiger partial charge in [-0.25, -0.2) is 8.98 Å². The topological polar surface area (TPSA) is 93.1 Å². The Morgan fingerprint density at radius 2 is 1.76 bits per heavy atom. The Morgan fingerprint density at radius 1 is 1.24 bits per heavy atom. The zero-order valence-electron chi connectivity index (χ0n) is 13.3. The summed E-state index contributed by atoms with van der Waals surface area (Å²) in [4.78, 5) is 12.1. The van der Waals surface area contributed by atoms with Gasteiger partial charge in [-0.2, -0.15) is 8.42 Å². The summed E-state index contributed by atoms with van der Waals surface area (Å²) in [6, 6.07) is 0. The molecule has 0 aliphatic heterocycles. The van der Waals surface area contributed by atoms with Crippen LogP contribution in [0.15, 0.2) is 12.2 Å². The molecule has 8 heteroatoms. The van der Waals surface area contributed by atoms with Gasteiger partial charge in [-0.1, -0.05) is 33.8 Å². The van der Waals surface area contributed by atoms with E-state index >= 15 is 0 Å². The molecule has 0 rings (SSSR count). The Balaban J connectivity index is 0. The van der Waals surface area contributed by atoms with Crippen molar-refractivity contribution in [3.8, 4) is 0 Å². The van der Waals surface area contributed by atoms with E-state index in [1.807, 2.05) is 20.8 Å². The highest BCUT2D eigenvalue weighted by molar-refractivity contribution is 7.81. The maximum absolute atomic E-state index is 10.7. The van der Waals surface area contributed by atoms with Gasteiger partial charge < -0.3 is 10.0 Å². The number of carboxylic acids is 1. The number of aliphatic carboxylic acids is 1. The molecule has 0 aliphatic rings. The number of carboxylic acid groups (broad SMARTS) is 1. The van der Waals surface area contributed by atoms with E-state index < -0.39 is 16.4 Å². The van der Waals surface area contributed by atoms with E-state index in [0.717, 1.165) is 26.6 Å². The summed E-state index contributed by atoms with van der Waals surface area (Å²) in [6.45, 7) is 11.8. The second kappa shape index (κ2) is 12.8. The van der Waals surface area contributed by atoms with Crippen molar-refractivity contribution in [1.29, 1.82) is 0 Å². The Morgan fingerprint density at radius 3 is 2.05 bits per heavy atom. The molecule has 0 fully saturated rings. The summed E-state index contributed by atoms with van der Waals surface area (Å²) in [7, 11) is -2.68. The van der Waals surface area contributed by atoms with Gasteiger partial charge in [0.25, 0.3) is 0 Å². The second-order valence-electron chi connectivity index (χ2n) is 4.08. The second-order valence-corrected chi connectivity index (χ2v) is 5.47. The Bertz CT molecular complexity index is 389. The molecule has 0 radical (unpaired) electrons. The lowest BCUT2D eigenvalue weighted by molar-refractivity contribution is -0.132. The van der Waals surface area contributed by atoms with Gasteiger partial charge in [0.2, 0.25) is 0 Å². The summed E-state index contributed by atoms with van der Waals surface area (Å²) < 4.78 is 30.0. The number of hydrogen-bond acceptors (Lipinski definition) is 6. The minimum absolute atomic E-state index is 0.137. The molecule has 21 heavy (non-hydrogen) atoms. The summed E-state index contributed by atoms with van der Waals surface area (Å²) in [5.74, 6) is -0.883. The minimum Gasteiger partial charge on any atom is -0.478 e. The van der Waals surface area contributed by atoms with Gasteiger partial charge in [-0.15, -0.1) is 0 Å². The number of hydrogen-bond donors (Lipinski definition) is 1. The molecule has 0 aromatic rings. The smallest absolute Gasteiger partial charge is 0.399 e. The molecule has 0 unspecified atom stereocenters. The van der Waals surface area contributed by atoms with E-state index in [4.69, 9.17) is 5.11 Å². The van der Waals surface area contributed by atoms with Gasteiger partial charge >= 0.3 is 16.4 Å². The number of carbonyl (C=O) groups is 1. The summed E-state index contributed by atoms with van der Waals surface area (Å²) in [6.07, 6.45) is 1.44. The lowest BCUT2D eigenvalue weighted by Gasteiger charge is -2.16. The van der Waals surface area contributed by atoms with Crippen LogP contribution in [0.2, 0.25) is 0 Å². The van der Waals surface area contributed by atoms with Crippen molar-refractivity contribution < 1.29 is 26.7 Å². The molecule has 0 heterocycles. The number of rotatable bonds is 10. The first-order chi connectivity index (χ1) is 9.73. The Labute approximate surface area is 127 Å². The average molecular weight is 325 g/mol. The van der Waals surface area contributed by atoms with E-state index in [2.05, 4.69) is 19.8 Å². The van der Waals surface area contributed by atoms with Crippen LogP contribution in [0.3, 0.4) is 0 Å². The van der Waals surface area contributed by atoms with Crippen LogP contribution in [-0.2, 0) is 23.6 Å². The van der Waals surface area contributed by atoms with Crippen molar-refractivity contribution in [3.05, 3.63) is 12.2 Å². The molecular weight excluding hydrogens is 298 g/mol. The summed E-state index contributed by atoms with van der Waals surface area (Å²) >= 11 is 0. The Hall–Kier alpha value is -0.960.